The molecule has 1 N–H and O–H groups in total. The van der Waals surface area contributed by atoms with Gasteiger partial charge in [-0.05, 0) is 55.7 Å². The van der Waals surface area contributed by atoms with Crippen LogP contribution in [0.2, 0.25) is 15.1 Å². The van der Waals surface area contributed by atoms with Crippen molar-refractivity contribution in [1.29, 1.82) is 0 Å². The number of sulfonamides is 1. The first-order chi connectivity index (χ1) is 15.8. The third-order valence-corrected chi connectivity index (χ3v) is 7.27. The summed E-state index contributed by atoms with van der Waals surface area (Å²) in [7, 11) is -3.84. The first-order valence-electron chi connectivity index (χ1n) is 10.6. The summed E-state index contributed by atoms with van der Waals surface area (Å²) >= 11 is 18.2. The summed E-state index contributed by atoms with van der Waals surface area (Å²) in [5, 5.41) is 3.78. The van der Waals surface area contributed by atoms with Gasteiger partial charge in [-0.3, -0.25) is 13.9 Å². The number of anilines is 1. The Balaban J connectivity index is 2.44. The molecule has 2 aromatic carbocycles. The SMILES string of the molecule is CCCNC(=O)C(C)N(Cc1ccc(Cl)c(Cl)c1)C(=O)CN(c1cc(Cl)ccc1C)S(C)(=O)=O. The number of nitrogens with one attached hydrogen (secondary N) is 1. The maximum Gasteiger partial charge on any atom is 0.244 e. The van der Waals surface area contributed by atoms with Crippen LogP contribution in [0.1, 0.15) is 31.4 Å². The Hall–Kier alpha value is -2.00. The van der Waals surface area contributed by atoms with Crippen molar-refractivity contribution in [2.24, 2.45) is 0 Å². The van der Waals surface area contributed by atoms with E-state index in [1.54, 1.807) is 44.2 Å². The maximum atomic E-state index is 13.5. The Bertz CT molecular complexity index is 1160. The largest absolute Gasteiger partial charge is 0.354 e. The molecule has 186 valence electrons. The highest BCUT2D eigenvalue weighted by molar-refractivity contribution is 7.92. The minimum absolute atomic E-state index is 0.0303. The van der Waals surface area contributed by atoms with E-state index in [2.05, 4.69) is 5.32 Å². The maximum absolute atomic E-state index is 13.5. The average Bonchev–Trinajstić information content (AvgIpc) is 2.76. The van der Waals surface area contributed by atoms with Crippen LogP contribution in [-0.2, 0) is 26.2 Å². The van der Waals surface area contributed by atoms with Crippen molar-refractivity contribution in [2.45, 2.75) is 39.8 Å². The standard InChI is InChI=1S/C23H28Cl3N3O4S/c1-5-10-27-23(31)16(3)28(13-17-7-9-19(25)20(26)11-17)22(30)14-29(34(4,32)33)21-12-18(24)8-6-15(21)2/h6-9,11-12,16H,5,10,13-14H2,1-4H3,(H,27,31). The topological polar surface area (TPSA) is 86.8 Å². The van der Waals surface area contributed by atoms with Gasteiger partial charge in [-0.1, -0.05) is 53.9 Å². The van der Waals surface area contributed by atoms with Crippen molar-refractivity contribution in [1.82, 2.24) is 10.2 Å². The van der Waals surface area contributed by atoms with Gasteiger partial charge in [0.15, 0.2) is 0 Å². The lowest BCUT2D eigenvalue weighted by Gasteiger charge is -2.32. The first kappa shape index (κ1) is 28.2. The lowest BCUT2D eigenvalue weighted by atomic mass is 10.1. The zero-order valence-electron chi connectivity index (χ0n) is 19.4. The number of rotatable bonds is 10. The lowest BCUT2D eigenvalue weighted by molar-refractivity contribution is -0.139. The Morgan fingerprint density at radius 2 is 1.74 bits per heavy atom. The van der Waals surface area contributed by atoms with Crippen molar-refractivity contribution < 1.29 is 18.0 Å². The van der Waals surface area contributed by atoms with E-state index >= 15 is 0 Å². The second-order valence-corrected chi connectivity index (χ2v) is 11.1. The fourth-order valence-electron chi connectivity index (χ4n) is 3.26. The van der Waals surface area contributed by atoms with E-state index in [0.717, 1.165) is 17.0 Å². The fraction of sp³-hybridized carbons (Fsp3) is 0.391. The van der Waals surface area contributed by atoms with E-state index in [1.807, 2.05) is 6.92 Å². The summed E-state index contributed by atoms with van der Waals surface area (Å²) in [6, 6.07) is 8.84. The molecule has 7 nitrogen and oxygen atoms in total. The molecular formula is C23H28Cl3N3O4S. The number of nitrogens with zero attached hydrogens (tertiary/aromatic N) is 2. The van der Waals surface area contributed by atoms with Crippen LogP contribution in [0.5, 0.6) is 0 Å². The van der Waals surface area contributed by atoms with Crippen molar-refractivity contribution in [3.8, 4) is 0 Å². The van der Waals surface area contributed by atoms with Gasteiger partial charge in [0.25, 0.3) is 0 Å². The van der Waals surface area contributed by atoms with Crippen LogP contribution in [0.15, 0.2) is 36.4 Å². The highest BCUT2D eigenvalue weighted by Gasteiger charge is 2.30. The van der Waals surface area contributed by atoms with Crippen LogP contribution in [0.3, 0.4) is 0 Å². The number of aryl methyl sites for hydroxylation is 1. The fourth-order valence-corrected chi connectivity index (χ4v) is 4.65. The second kappa shape index (κ2) is 12.1. The summed E-state index contributed by atoms with van der Waals surface area (Å²) < 4.78 is 26.3. The number of carbonyl (C=O) groups is 2. The van der Waals surface area contributed by atoms with Gasteiger partial charge in [-0.2, -0.15) is 0 Å². The Kier molecular flexibility index (Phi) is 10.1. The molecule has 0 saturated heterocycles. The van der Waals surface area contributed by atoms with E-state index in [4.69, 9.17) is 34.8 Å². The molecule has 0 saturated carbocycles. The van der Waals surface area contributed by atoms with E-state index in [0.29, 0.717) is 38.4 Å². The minimum Gasteiger partial charge on any atom is -0.354 e. The van der Waals surface area contributed by atoms with E-state index in [1.165, 1.54) is 11.0 Å². The number of amides is 2. The molecule has 2 rings (SSSR count). The van der Waals surface area contributed by atoms with Gasteiger partial charge >= 0.3 is 0 Å². The van der Waals surface area contributed by atoms with Gasteiger partial charge in [0.1, 0.15) is 12.6 Å². The number of hydrogen-bond acceptors (Lipinski definition) is 4. The molecule has 1 atom stereocenters. The monoisotopic (exact) mass is 547 g/mol. The Labute approximate surface area is 216 Å². The molecule has 0 bridgehead atoms. The highest BCUT2D eigenvalue weighted by Crippen LogP contribution is 2.27. The van der Waals surface area contributed by atoms with Gasteiger partial charge in [-0.15, -0.1) is 0 Å². The smallest absolute Gasteiger partial charge is 0.244 e. The summed E-state index contributed by atoms with van der Waals surface area (Å²) in [6.07, 6.45) is 1.75. The predicted molar refractivity (Wildman–Crippen MR) is 138 cm³/mol. The average molecular weight is 549 g/mol. The molecule has 34 heavy (non-hydrogen) atoms. The van der Waals surface area contributed by atoms with Crippen molar-refractivity contribution in [3.63, 3.8) is 0 Å². The van der Waals surface area contributed by atoms with Crippen LogP contribution >= 0.6 is 34.8 Å². The number of hydrogen-bond donors (Lipinski definition) is 1. The third-order valence-electron chi connectivity index (χ3n) is 5.17. The third kappa shape index (κ3) is 7.50. The van der Waals surface area contributed by atoms with Gasteiger partial charge in [0.2, 0.25) is 21.8 Å². The summed E-state index contributed by atoms with van der Waals surface area (Å²) in [5.41, 5.74) is 1.57. The minimum atomic E-state index is -3.84. The van der Waals surface area contributed by atoms with Crippen molar-refractivity contribution >= 4 is 62.3 Å². The molecule has 0 heterocycles. The molecule has 0 aliphatic rings. The second-order valence-electron chi connectivity index (χ2n) is 7.94. The molecule has 11 heteroatoms. The molecular weight excluding hydrogens is 521 g/mol. The van der Waals surface area contributed by atoms with Crippen LogP contribution < -0.4 is 9.62 Å². The highest BCUT2D eigenvalue weighted by atomic mass is 35.5. The number of benzene rings is 2. The number of halogens is 3. The molecule has 0 aliphatic carbocycles. The van der Waals surface area contributed by atoms with E-state index < -0.39 is 28.5 Å². The molecule has 0 aromatic heterocycles. The first-order valence-corrected chi connectivity index (χ1v) is 13.6. The zero-order valence-corrected chi connectivity index (χ0v) is 22.5. The number of carbonyl (C=O) groups excluding carboxylic acids is 2. The van der Waals surface area contributed by atoms with Gasteiger partial charge < -0.3 is 10.2 Å². The molecule has 0 spiro atoms. The summed E-state index contributed by atoms with van der Waals surface area (Å²) in [6.45, 7) is 5.21. The van der Waals surface area contributed by atoms with Gasteiger partial charge in [0, 0.05) is 18.1 Å². The summed E-state index contributed by atoms with van der Waals surface area (Å²) in [4.78, 5) is 27.5. The van der Waals surface area contributed by atoms with E-state index in [9.17, 15) is 18.0 Å². The quantitative estimate of drug-likeness (QED) is 0.468. The molecule has 2 amide bonds. The van der Waals surface area contributed by atoms with Crippen molar-refractivity contribution in [3.05, 3.63) is 62.6 Å². The molecule has 0 radical (unpaired) electrons. The van der Waals surface area contributed by atoms with Crippen LogP contribution in [0, 0.1) is 6.92 Å². The Morgan fingerprint density at radius 3 is 2.32 bits per heavy atom. The zero-order chi connectivity index (χ0) is 25.6. The van der Waals surface area contributed by atoms with Crippen LogP contribution in [0.25, 0.3) is 0 Å². The van der Waals surface area contributed by atoms with E-state index in [-0.39, 0.29) is 12.5 Å². The molecule has 0 aliphatic heterocycles. The summed E-state index contributed by atoms with van der Waals surface area (Å²) in [5.74, 6) is -0.907. The van der Waals surface area contributed by atoms with Crippen LogP contribution in [0.4, 0.5) is 5.69 Å². The van der Waals surface area contributed by atoms with Gasteiger partial charge in [0.05, 0.1) is 22.0 Å². The van der Waals surface area contributed by atoms with Crippen molar-refractivity contribution in [2.75, 3.05) is 23.7 Å². The normalized spacial score (nSPS) is 12.2. The Morgan fingerprint density at radius 1 is 1.06 bits per heavy atom. The van der Waals surface area contributed by atoms with Gasteiger partial charge in [-0.25, -0.2) is 8.42 Å². The predicted octanol–water partition coefficient (Wildman–Crippen LogP) is 4.66. The molecule has 1 unspecified atom stereocenters. The molecule has 2 aromatic rings. The molecule has 0 fully saturated rings. The lowest BCUT2D eigenvalue weighted by Crippen LogP contribution is -2.51. The van der Waals surface area contributed by atoms with Crippen LogP contribution in [-0.4, -0.2) is 50.5 Å².